The summed E-state index contributed by atoms with van der Waals surface area (Å²) in [6.07, 6.45) is 0.979. The van der Waals surface area contributed by atoms with Gasteiger partial charge in [0, 0.05) is 6.42 Å². The number of hydrogen-bond acceptors (Lipinski definition) is 4. The maximum atomic E-state index is 11.3. The van der Waals surface area contributed by atoms with Gasteiger partial charge in [-0.15, -0.1) is 0 Å². The topological polar surface area (TPSA) is 44.8 Å². The SMILES string of the molecule is CCOC(=O)CCCOc1ccccc1OCc1ccccc1. The van der Waals surface area contributed by atoms with Crippen LogP contribution in [-0.4, -0.2) is 19.2 Å². The Hall–Kier alpha value is -2.49. The molecule has 0 spiro atoms. The third-order valence-electron chi connectivity index (χ3n) is 3.17. The molecule has 0 atom stereocenters. The molecule has 0 aliphatic heterocycles. The fourth-order valence-electron chi connectivity index (χ4n) is 2.06. The van der Waals surface area contributed by atoms with Crippen LogP contribution in [0.15, 0.2) is 54.6 Å². The predicted octanol–water partition coefficient (Wildman–Crippen LogP) is 3.99. The van der Waals surface area contributed by atoms with Crippen molar-refractivity contribution in [2.45, 2.75) is 26.4 Å². The summed E-state index contributed by atoms with van der Waals surface area (Å²) in [5, 5.41) is 0. The first-order valence-electron chi connectivity index (χ1n) is 7.83. The summed E-state index contributed by atoms with van der Waals surface area (Å²) < 4.78 is 16.4. The van der Waals surface area contributed by atoms with Crippen LogP contribution in [0, 0.1) is 0 Å². The van der Waals surface area contributed by atoms with Crippen molar-refractivity contribution in [3.8, 4) is 11.5 Å². The van der Waals surface area contributed by atoms with Gasteiger partial charge in [0.25, 0.3) is 0 Å². The lowest BCUT2D eigenvalue weighted by Gasteiger charge is -2.12. The standard InChI is InChI=1S/C19H22O4/c1-2-21-19(20)13-8-14-22-17-11-6-7-12-18(17)23-15-16-9-4-3-5-10-16/h3-7,9-12H,2,8,13-15H2,1H3. The number of hydrogen-bond donors (Lipinski definition) is 0. The first-order valence-corrected chi connectivity index (χ1v) is 7.83. The summed E-state index contributed by atoms with van der Waals surface area (Å²) in [5.41, 5.74) is 1.10. The summed E-state index contributed by atoms with van der Waals surface area (Å²) in [7, 11) is 0. The molecule has 0 saturated heterocycles. The zero-order valence-electron chi connectivity index (χ0n) is 13.4. The molecule has 2 aromatic carbocycles. The minimum atomic E-state index is -0.190. The van der Waals surface area contributed by atoms with Crippen LogP contribution in [0.1, 0.15) is 25.3 Å². The molecule has 0 aliphatic rings. The molecule has 0 heterocycles. The molecular weight excluding hydrogens is 292 g/mol. The van der Waals surface area contributed by atoms with Crippen LogP contribution in [0.25, 0.3) is 0 Å². The average Bonchev–Trinajstić information content (AvgIpc) is 2.59. The van der Waals surface area contributed by atoms with E-state index in [2.05, 4.69) is 0 Å². The predicted molar refractivity (Wildman–Crippen MR) is 88.6 cm³/mol. The minimum Gasteiger partial charge on any atom is -0.490 e. The zero-order chi connectivity index (χ0) is 16.3. The van der Waals surface area contributed by atoms with Gasteiger partial charge in [0.1, 0.15) is 6.61 Å². The highest BCUT2D eigenvalue weighted by molar-refractivity contribution is 5.69. The highest BCUT2D eigenvalue weighted by atomic mass is 16.5. The maximum Gasteiger partial charge on any atom is 0.305 e. The largest absolute Gasteiger partial charge is 0.490 e. The molecule has 23 heavy (non-hydrogen) atoms. The van der Waals surface area contributed by atoms with Crippen molar-refractivity contribution in [3.63, 3.8) is 0 Å². The third kappa shape index (κ3) is 6.02. The lowest BCUT2D eigenvalue weighted by molar-refractivity contribution is -0.143. The molecular formula is C19H22O4. The summed E-state index contributed by atoms with van der Waals surface area (Å²) in [4.78, 5) is 11.3. The Bertz CT molecular complexity index is 595. The first kappa shape index (κ1) is 16.9. The average molecular weight is 314 g/mol. The summed E-state index contributed by atoms with van der Waals surface area (Å²) in [6, 6.07) is 17.5. The number of carbonyl (C=O) groups is 1. The molecule has 0 radical (unpaired) electrons. The minimum absolute atomic E-state index is 0.190. The van der Waals surface area contributed by atoms with Gasteiger partial charge in [0.05, 0.1) is 13.2 Å². The molecule has 2 aromatic rings. The second kappa shape index (κ2) is 9.51. The van der Waals surface area contributed by atoms with E-state index in [0.717, 1.165) is 5.56 Å². The fourth-order valence-corrected chi connectivity index (χ4v) is 2.06. The van der Waals surface area contributed by atoms with E-state index in [4.69, 9.17) is 14.2 Å². The number of benzene rings is 2. The number of carbonyl (C=O) groups excluding carboxylic acids is 1. The molecule has 0 fully saturated rings. The molecule has 0 saturated carbocycles. The van der Waals surface area contributed by atoms with Crippen LogP contribution in [-0.2, 0) is 16.1 Å². The number of ether oxygens (including phenoxy) is 3. The zero-order valence-corrected chi connectivity index (χ0v) is 13.4. The number of esters is 1. The van der Waals surface area contributed by atoms with Crippen molar-refractivity contribution in [2.75, 3.05) is 13.2 Å². The van der Waals surface area contributed by atoms with E-state index in [1.54, 1.807) is 6.92 Å². The van der Waals surface area contributed by atoms with Gasteiger partial charge in [-0.25, -0.2) is 0 Å². The maximum absolute atomic E-state index is 11.3. The van der Waals surface area contributed by atoms with Gasteiger partial charge in [-0.1, -0.05) is 42.5 Å². The van der Waals surface area contributed by atoms with Crippen molar-refractivity contribution >= 4 is 5.97 Å². The molecule has 0 bridgehead atoms. The summed E-state index contributed by atoms with van der Waals surface area (Å²) in [5.74, 6) is 1.20. The third-order valence-corrected chi connectivity index (χ3v) is 3.17. The van der Waals surface area contributed by atoms with E-state index < -0.39 is 0 Å². The Morgan fingerprint density at radius 3 is 2.26 bits per heavy atom. The van der Waals surface area contributed by atoms with Gasteiger partial charge in [0.15, 0.2) is 11.5 Å². The Morgan fingerprint density at radius 2 is 1.57 bits per heavy atom. The molecule has 4 heteroatoms. The number of para-hydroxylation sites is 2. The lowest BCUT2D eigenvalue weighted by Crippen LogP contribution is -2.07. The van der Waals surface area contributed by atoms with Gasteiger partial charge in [-0.3, -0.25) is 4.79 Å². The molecule has 2 rings (SSSR count). The Morgan fingerprint density at radius 1 is 0.913 bits per heavy atom. The van der Waals surface area contributed by atoms with E-state index in [1.165, 1.54) is 0 Å². The van der Waals surface area contributed by atoms with Crippen molar-refractivity contribution in [3.05, 3.63) is 60.2 Å². The highest BCUT2D eigenvalue weighted by Crippen LogP contribution is 2.27. The second-order valence-corrected chi connectivity index (χ2v) is 4.98. The van der Waals surface area contributed by atoms with Crippen LogP contribution in [0.2, 0.25) is 0 Å². The highest BCUT2D eigenvalue weighted by Gasteiger charge is 2.06. The molecule has 4 nitrogen and oxygen atoms in total. The van der Waals surface area contributed by atoms with Gasteiger partial charge >= 0.3 is 5.97 Å². The molecule has 0 aliphatic carbocycles. The fraction of sp³-hybridized carbons (Fsp3) is 0.316. The van der Waals surface area contributed by atoms with Crippen molar-refractivity contribution in [1.29, 1.82) is 0 Å². The smallest absolute Gasteiger partial charge is 0.305 e. The molecule has 0 amide bonds. The van der Waals surface area contributed by atoms with Crippen LogP contribution in [0.5, 0.6) is 11.5 Å². The van der Waals surface area contributed by atoms with Crippen LogP contribution in [0.4, 0.5) is 0 Å². The second-order valence-electron chi connectivity index (χ2n) is 4.98. The van der Waals surface area contributed by atoms with Crippen molar-refractivity contribution in [1.82, 2.24) is 0 Å². The number of rotatable bonds is 9. The molecule has 0 aromatic heterocycles. The Kier molecular flexibility index (Phi) is 6.98. The normalized spacial score (nSPS) is 10.1. The van der Waals surface area contributed by atoms with Crippen molar-refractivity contribution in [2.24, 2.45) is 0 Å². The molecule has 0 N–H and O–H groups in total. The van der Waals surface area contributed by atoms with Crippen molar-refractivity contribution < 1.29 is 19.0 Å². The van der Waals surface area contributed by atoms with Crippen LogP contribution >= 0.6 is 0 Å². The van der Waals surface area contributed by atoms with E-state index in [1.807, 2.05) is 54.6 Å². The van der Waals surface area contributed by atoms with E-state index in [9.17, 15) is 4.79 Å². The summed E-state index contributed by atoms with van der Waals surface area (Å²) in [6.45, 7) is 3.15. The Labute approximate surface area is 137 Å². The van der Waals surface area contributed by atoms with E-state index >= 15 is 0 Å². The monoisotopic (exact) mass is 314 g/mol. The van der Waals surface area contributed by atoms with Gasteiger partial charge in [0.2, 0.25) is 0 Å². The lowest BCUT2D eigenvalue weighted by atomic mass is 10.2. The Balaban J connectivity index is 1.81. The van der Waals surface area contributed by atoms with Crippen LogP contribution < -0.4 is 9.47 Å². The van der Waals surface area contributed by atoms with Crippen LogP contribution in [0.3, 0.4) is 0 Å². The van der Waals surface area contributed by atoms with Gasteiger partial charge < -0.3 is 14.2 Å². The quantitative estimate of drug-likeness (QED) is 0.518. The first-order chi connectivity index (χ1) is 11.3. The summed E-state index contributed by atoms with van der Waals surface area (Å²) >= 11 is 0. The van der Waals surface area contributed by atoms with Gasteiger partial charge in [-0.2, -0.15) is 0 Å². The molecule has 122 valence electrons. The van der Waals surface area contributed by atoms with Gasteiger partial charge in [-0.05, 0) is 31.0 Å². The van der Waals surface area contributed by atoms with E-state index in [0.29, 0.717) is 44.2 Å². The molecule has 0 unspecified atom stereocenters. The van der Waals surface area contributed by atoms with E-state index in [-0.39, 0.29) is 5.97 Å².